The second kappa shape index (κ2) is 24.4. The van der Waals surface area contributed by atoms with Gasteiger partial charge in [0.15, 0.2) is 5.78 Å². The van der Waals surface area contributed by atoms with Crippen LogP contribution < -0.4 is 19.3 Å². The standard InChI is InChI=1S/C72H68N2O6/c1-3-5-7-9-11-21-39-79-65-47-61(73(57-35-31-49-23-13-17-27-53(49)41-57)58-36-32-50-24-14-18-28-54(50)42-58)45-63(75)67(65)69-71(77)70(72(69)78)68-64(76)46-62(48-66(68)80-40-22-12-10-8-6-4-2)74(59-37-33-51-25-15-19-29-55(51)43-59)60-38-34-52-26-16-20-30-56(52)44-60/h13-20,23-38,41-48H,3-12,21-22,39-40H2,1-2H3,(H2,75,76,77,78). The second-order valence-electron chi connectivity index (χ2n) is 21.1. The number of Topliss-reactive ketones (excluding diaryl/α,β-unsaturated/α-hetero) is 1. The van der Waals surface area contributed by atoms with Crippen molar-refractivity contribution in [1.29, 1.82) is 0 Å². The number of aromatic hydroxyl groups is 1. The number of unbranched alkanes of at least 4 members (excludes halogenated alkanes) is 10. The Bertz CT molecular complexity index is 3790. The molecule has 0 atom stereocenters. The molecule has 0 bridgehead atoms. The number of phenolic OH excluding ortho intramolecular Hbond substituents is 1. The summed E-state index contributed by atoms with van der Waals surface area (Å²) >= 11 is 0. The number of phenols is 1. The van der Waals surface area contributed by atoms with E-state index in [0.717, 1.165) is 130 Å². The average molecular weight is 1060 g/mol. The molecule has 2 aliphatic rings. The topological polar surface area (TPSA) is 105 Å². The van der Waals surface area contributed by atoms with E-state index in [1.165, 1.54) is 12.8 Å². The summed E-state index contributed by atoms with van der Waals surface area (Å²) in [6.45, 7) is 5.01. The summed E-state index contributed by atoms with van der Waals surface area (Å²) in [6.07, 6.45) is 15.8. The molecule has 80 heavy (non-hydrogen) atoms. The molecule has 0 aliphatic heterocycles. The van der Waals surface area contributed by atoms with Crippen LogP contribution >= 0.6 is 0 Å². The highest BCUT2D eigenvalue weighted by atomic mass is 16.5. The van der Waals surface area contributed by atoms with Crippen LogP contribution in [0, 0.1) is 0 Å². The zero-order chi connectivity index (χ0) is 55.0. The molecule has 8 nitrogen and oxygen atoms in total. The molecule has 0 spiro atoms. The first-order chi connectivity index (χ1) is 39.3. The Morgan fingerprint density at radius 2 is 0.900 bits per heavy atom. The van der Waals surface area contributed by atoms with E-state index < -0.39 is 11.5 Å². The van der Waals surface area contributed by atoms with Crippen LogP contribution in [0.1, 0.15) is 96.5 Å². The van der Waals surface area contributed by atoms with Crippen molar-refractivity contribution in [3.63, 3.8) is 0 Å². The maximum Gasteiger partial charge on any atom is 0.219 e. The highest BCUT2D eigenvalue weighted by molar-refractivity contribution is 6.40. The first-order valence-electron chi connectivity index (χ1n) is 28.7. The monoisotopic (exact) mass is 1060 g/mol. The molecule has 0 radical (unpaired) electrons. The Hall–Kier alpha value is -8.88. The largest absolute Gasteiger partial charge is 0.871 e. The van der Waals surface area contributed by atoms with Gasteiger partial charge < -0.3 is 29.7 Å². The number of hydrogen-bond acceptors (Lipinski definition) is 7. The molecule has 0 saturated carbocycles. The zero-order valence-electron chi connectivity index (χ0n) is 45.8. The molecule has 2 aliphatic carbocycles. The van der Waals surface area contributed by atoms with Crippen molar-refractivity contribution in [2.45, 2.75) is 90.9 Å². The van der Waals surface area contributed by atoms with Gasteiger partial charge in [-0.2, -0.15) is 4.58 Å². The number of hydrogen-bond donors (Lipinski definition) is 2. The quantitative estimate of drug-likeness (QED) is 0.0396. The first-order valence-corrected chi connectivity index (χ1v) is 28.7. The third-order valence-electron chi connectivity index (χ3n) is 15.5. The lowest BCUT2D eigenvalue weighted by molar-refractivity contribution is -0.297. The number of nitrogens with zero attached hydrogens (tertiary/aromatic N) is 2. The van der Waals surface area contributed by atoms with E-state index in [9.17, 15) is 10.2 Å². The van der Waals surface area contributed by atoms with E-state index in [1.807, 2.05) is 60.7 Å². The van der Waals surface area contributed by atoms with Crippen LogP contribution in [-0.2, 0) is 9.53 Å². The van der Waals surface area contributed by atoms with Gasteiger partial charge in [-0.3, -0.25) is 4.79 Å². The molecule has 8 heteroatoms. The number of aliphatic hydroxyl groups excluding tert-OH is 1. The minimum atomic E-state index is -0.614. The summed E-state index contributed by atoms with van der Waals surface area (Å²) in [5.41, 5.74) is 4.20. The van der Waals surface area contributed by atoms with Gasteiger partial charge >= 0.3 is 0 Å². The number of allylic oxidation sites excluding steroid dienone is 4. The summed E-state index contributed by atoms with van der Waals surface area (Å²) < 4.78 is 15.4. The fourth-order valence-corrected chi connectivity index (χ4v) is 11.3. The number of carbonyl (C=O) groups excluding carboxylic acids is 1. The van der Waals surface area contributed by atoms with Crippen LogP contribution in [-0.4, -0.2) is 34.9 Å². The summed E-state index contributed by atoms with van der Waals surface area (Å²) in [6, 6.07) is 61.2. The number of ketones is 1. The molecule has 11 rings (SSSR count). The maximum absolute atomic E-state index is 15.1. The Morgan fingerprint density at radius 3 is 1.40 bits per heavy atom. The van der Waals surface area contributed by atoms with E-state index in [4.69, 9.17) is 9.47 Å². The predicted molar refractivity (Wildman–Crippen MR) is 328 cm³/mol. The van der Waals surface area contributed by atoms with Gasteiger partial charge in [-0.05, 0) is 92.3 Å². The van der Waals surface area contributed by atoms with Gasteiger partial charge in [0.1, 0.15) is 23.0 Å². The third kappa shape index (κ3) is 11.2. The van der Waals surface area contributed by atoms with Crippen molar-refractivity contribution in [3.8, 4) is 11.5 Å². The molecule has 9 aromatic rings. The molecular formula is C72H68N2O6. The Labute approximate surface area is 469 Å². The van der Waals surface area contributed by atoms with Crippen molar-refractivity contribution < 1.29 is 29.6 Å². The van der Waals surface area contributed by atoms with Gasteiger partial charge in [0, 0.05) is 58.9 Å². The Morgan fingerprint density at radius 1 is 0.450 bits per heavy atom. The molecule has 2 N–H and O–H groups in total. The van der Waals surface area contributed by atoms with Crippen LogP contribution in [0.2, 0.25) is 0 Å². The molecule has 0 fully saturated rings. The number of aliphatic hydroxyl groups is 1. The van der Waals surface area contributed by atoms with Gasteiger partial charge in [-0.1, -0.05) is 193 Å². The van der Waals surface area contributed by atoms with E-state index in [2.05, 4.69) is 145 Å². The Kier molecular flexibility index (Phi) is 16.2. The molecule has 0 heterocycles. The summed E-state index contributed by atoms with van der Waals surface area (Å²) in [4.78, 5) is 17.2. The van der Waals surface area contributed by atoms with Gasteiger partial charge in [-0.15, -0.1) is 0 Å². The van der Waals surface area contributed by atoms with Crippen LogP contribution in [0.4, 0.5) is 28.4 Å². The Balaban J connectivity index is 1.04. The van der Waals surface area contributed by atoms with Crippen LogP contribution in [0.3, 0.4) is 0 Å². The second-order valence-corrected chi connectivity index (χ2v) is 21.1. The molecule has 0 unspecified atom stereocenters. The van der Waals surface area contributed by atoms with Gasteiger partial charge in [0.05, 0.1) is 42.2 Å². The molecule has 402 valence electrons. The van der Waals surface area contributed by atoms with E-state index in [0.29, 0.717) is 24.6 Å². The first kappa shape index (κ1) is 53.1. The SMILES string of the molecule is CCCCCCCCOC1=CC(=[N+](c2ccc3ccccc3c2)c2ccc3ccccc3c2)C=C(O)/C1=C1\C(=O)C(c2c(O)cc(N(c3ccc4ccccc4c3)c3ccc4ccccc4c3)cc2OCCCCCCCC)=C1[O-]. The number of rotatable bonds is 22. The summed E-state index contributed by atoms with van der Waals surface area (Å²) in [5, 5.41) is 48.5. The highest BCUT2D eigenvalue weighted by Gasteiger charge is 2.39. The van der Waals surface area contributed by atoms with Gasteiger partial charge in [0.25, 0.3) is 0 Å². The van der Waals surface area contributed by atoms with E-state index >= 15 is 9.90 Å². The normalized spacial score (nSPS) is 14.4. The smallest absolute Gasteiger partial charge is 0.219 e. The van der Waals surface area contributed by atoms with E-state index in [1.54, 1.807) is 12.1 Å². The summed E-state index contributed by atoms with van der Waals surface area (Å²) in [5.74, 6) is -1.34. The lowest BCUT2D eigenvalue weighted by Gasteiger charge is -2.35. The number of benzene rings is 9. The number of anilines is 3. The predicted octanol–water partition coefficient (Wildman–Crippen LogP) is 17.9. The van der Waals surface area contributed by atoms with Crippen molar-refractivity contribution in [1.82, 2.24) is 4.58 Å². The molecule has 0 amide bonds. The van der Waals surface area contributed by atoms with Crippen LogP contribution in [0.5, 0.6) is 11.5 Å². The molecule has 9 aromatic carbocycles. The van der Waals surface area contributed by atoms with Crippen LogP contribution in [0.25, 0.3) is 48.7 Å². The van der Waals surface area contributed by atoms with Crippen molar-refractivity contribution in [3.05, 3.63) is 228 Å². The highest BCUT2D eigenvalue weighted by Crippen LogP contribution is 2.50. The van der Waals surface area contributed by atoms with Gasteiger partial charge in [-0.25, -0.2) is 0 Å². The number of carbonyl (C=O) groups is 1. The zero-order valence-corrected chi connectivity index (χ0v) is 45.8. The lowest BCUT2D eigenvalue weighted by atomic mass is 9.78. The third-order valence-corrected chi connectivity index (χ3v) is 15.5. The number of fused-ring (bicyclic) bond motifs is 4. The van der Waals surface area contributed by atoms with E-state index in [-0.39, 0.29) is 45.3 Å². The molecule has 0 aromatic heterocycles. The fourth-order valence-electron chi connectivity index (χ4n) is 11.3. The minimum Gasteiger partial charge on any atom is -0.871 e. The molecular weight excluding hydrogens is 989 g/mol. The van der Waals surface area contributed by atoms with Crippen LogP contribution in [0.15, 0.2) is 223 Å². The fraction of sp³-hybridized carbons (Fsp3) is 0.222. The van der Waals surface area contributed by atoms with Gasteiger partial charge in [0.2, 0.25) is 17.1 Å². The number of ether oxygens (including phenoxy) is 2. The van der Waals surface area contributed by atoms with Crippen molar-refractivity contribution in [2.24, 2.45) is 0 Å². The summed E-state index contributed by atoms with van der Waals surface area (Å²) in [7, 11) is 0. The average Bonchev–Trinajstić information content (AvgIpc) is 3.54. The van der Waals surface area contributed by atoms with Crippen molar-refractivity contribution in [2.75, 3.05) is 18.1 Å². The lowest BCUT2D eigenvalue weighted by Crippen LogP contribution is -2.32. The molecule has 0 saturated heterocycles. The maximum atomic E-state index is 15.1. The minimum absolute atomic E-state index is 0.0277. The van der Waals surface area contributed by atoms with Crippen molar-refractivity contribution >= 4 is 88.6 Å².